The van der Waals surface area contributed by atoms with Crippen molar-refractivity contribution in [3.63, 3.8) is 0 Å². The molecule has 1 aromatic carbocycles. The lowest BCUT2D eigenvalue weighted by Gasteiger charge is -2.13. The van der Waals surface area contributed by atoms with Crippen molar-refractivity contribution in [2.24, 2.45) is 0 Å². The van der Waals surface area contributed by atoms with E-state index in [0.29, 0.717) is 18.5 Å². The van der Waals surface area contributed by atoms with Crippen LogP contribution in [0.2, 0.25) is 5.02 Å². The van der Waals surface area contributed by atoms with Gasteiger partial charge in [-0.1, -0.05) is 43.1 Å². The first-order valence-corrected chi connectivity index (χ1v) is 11.4. The molecule has 0 radical (unpaired) electrons. The fraction of sp³-hybridized carbons (Fsp3) is 0.333. The van der Waals surface area contributed by atoms with E-state index in [9.17, 15) is 4.79 Å². The molecule has 2 aromatic heterocycles. The second kappa shape index (κ2) is 10.6. The number of benzene rings is 1. The first-order valence-electron chi connectivity index (χ1n) is 10.1. The second-order valence-electron chi connectivity index (χ2n) is 7.25. The van der Waals surface area contributed by atoms with Gasteiger partial charge in [-0.3, -0.25) is 0 Å². The lowest BCUT2D eigenvalue weighted by Crippen LogP contribution is -2.10. The van der Waals surface area contributed by atoms with Gasteiger partial charge in [-0.15, -0.1) is 11.3 Å². The summed E-state index contributed by atoms with van der Waals surface area (Å²) in [4.78, 5) is 18.3. The topological polar surface area (TPSA) is 44.1 Å². The number of aromatic nitrogens is 2. The van der Waals surface area contributed by atoms with E-state index in [-0.39, 0.29) is 5.97 Å². The van der Waals surface area contributed by atoms with Crippen LogP contribution < -0.4 is 0 Å². The van der Waals surface area contributed by atoms with Crippen molar-refractivity contribution >= 4 is 35.0 Å². The van der Waals surface area contributed by atoms with Gasteiger partial charge in [0, 0.05) is 28.3 Å². The van der Waals surface area contributed by atoms with Crippen molar-refractivity contribution in [3.05, 3.63) is 80.0 Å². The molecule has 0 amide bonds. The molecular formula is C24H27ClN2O2S. The molecule has 158 valence electrons. The molecule has 0 saturated carbocycles. The van der Waals surface area contributed by atoms with Gasteiger partial charge in [-0.2, -0.15) is 0 Å². The zero-order valence-electron chi connectivity index (χ0n) is 17.7. The predicted molar refractivity (Wildman–Crippen MR) is 124 cm³/mol. The van der Waals surface area contributed by atoms with Gasteiger partial charge in [-0.25, -0.2) is 9.78 Å². The average molecular weight is 443 g/mol. The van der Waals surface area contributed by atoms with E-state index in [1.807, 2.05) is 41.9 Å². The lowest BCUT2D eigenvalue weighted by atomic mass is 10.1. The summed E-state index contributed by atoms with van der Waals surface area (Å²) in [6.45, 7) is 4.84. The van der Waals surface area contributed by atoms with Crippen molar-refractivity contribution in [2.75, 3.05) is 7.11 Å². The SMILES string of the molecule is CCCCc1ncc(/C=C(\Cc2sccc2C)C(=O)OC)n1Cc1ccccc1Cl. The largest absolute Gasteiger partial charge is 0.466 e. The highest BCUT2D eigenvalue weighted by molar-refractivity contribution is 7.10. The normalized spacial score (nSPS) is 11.7. The molecule has 3 aromatic rings. The molecule has 0 N–H and O–H groups in total. The van der Waals surface area contributed by atoms with E-state index < -0.39 is 0 Å². The molecule has 0 aliphatic rings. The monoisotopic (exact) mass is 442 g/mol. The zero-order valence-corrected chi connectivity index (χ0v) is 19.2. The van der Waals surface area contributed by atoms with E-state index in [0.717, 1.165) is 46.2 Å². The number of ether oxygens (including phenoxy) is 1. The maximum absolute atomic E-state index is 12.5. The Morgan fingerprint density at radius 3 is 2.77 bits per heavy atom. The third-order valence-electron chi connectivity index (χ3n) is 5.10. The number of esters is 1. The van der Waals surface area contributed by atoms with Crippen molar-refractivity contribution in [1.29, 1.82) is 0 Å². The van der Waals surface area contributed by atoms with Crippen molar-refractivity contribution in [2.45, 2.75) is 46.1 Å². The minimum absolute atomic E-state index is 0.316. The fourth-order valence-electron chi connectivity index (χ4n) is 3.31. The number of thiophene rings is 1. The summed E-state index contributed by atoms with van der Waals surface area (Å²) in [5, 5.41) is 2.77. The fourth-order valence-corrected chi connectivity index (χ4v) is 4.43. The van der Waals surface area contributed by atoms with E-state index >= 15 is 0 Å². The molecule has 0 aliphatic heterocycles. The van der Waals surface area contributed by atoms with Crippen molar-refractivity contribution in [3.8, 4) is 0 Å². The molecule has 6 heteroatoms. The van der Waals surface area contributed by atoms with Crippen LogP contribution in [0.3, 0.4) is 0 Å². The number of methoxy groups -OCH3 is 1. The minimum Gasteiger partial charge on any atom is -0.466 e. The molecule has 2 heterocycles. The van der Waals surface area contributed by atoms with E-state index in [1.165, 1.54) is 12.7 Å². The van der Waals surface area contributed by atoms with Gasteiger partial charge < -0.3 is 9.30 Å². The molecule has 3 rings (SSSR count). The number of hydrogen-bond donors (Lipinski definition) is 0. The number of aryl methyl sites for hydroxylation is 2. The summed E-state index contributed by atoms with van der Waals surface area (Å²) in [7, 11) is 1.42. The summed E-state index contributed by atoms with van der Waals surface area (Å²) in [6, 6.07) is 9.90. The van der Waals surface area contributed by atoms with Crippen LogP contribution in [0.5, 0.6) is 0 Å². The van der Waals surface area contributed by atoms with E-state index in [4.69, 9.17) is 16.3 Å². The number of carbonyl (C=O) groups excluding carboxylic acids is 1. The highest BCUT2D eigenvalue weighted by atomic mass is 35.5. The predicted octanol–water partition coefficient (Wildman–Crippen LogP) is 6.10. The lowest BCUT2D eigenvalue weighted by molar-refractivity contribution is -0.136. The summed E-state index contributed by atoms with van der Waals surface area (Å²) < 4.78 is 7.22. The Morgan fingerprint density at radius 2 is 2.10 bits per heavy atom. The first kappa shape index (κ1) is 22.3. The number of rotatable bonds is 9. The van der Waals surface area contributed by atoms with Crippen molar-refractivity contribution < 1.29 is 9.53 Å². The van der Waals surface area contributed by atoms with Gasteiger partial charge in [0.1, 0.15) is 5.82 Å². The molecule has 0 unspecified atom stereocenters. The van der Waals surface area contributed by atoms with Crippen LogP contribution in [0.4, 0.5) is 0 Å². The van der Waals surface area contributed by atoms with Crippen LogP contribution in [0.15, 0.2) is 47.5 Å². The van der Waals surface area contributed by atoms with E-state index in [2.05, 4.69) is 29.5 Å². The Bertz CT molecular complexity index is 1040. The van der Waals surface area contributed by atoms with Gasteiger partial charge in [0.2, 0.25) is 0 Å². The standard InChI is InChI=1S/C24H27ClN2O2S/c1-4-5-10-23-26-15-20(27(23)16-18-8-6-7-9-21(18)25)13-19(24(28)29-3)14-22-17(2)11-12-30-22/h6-9,11-13,15H,4-5,10,14,16H2,1-3H3/b19-13+. The Hall–Kier alpha value is -2.37. The van der Waals surface area contributed by atoms with E-state index in [1.54, 1.807) is 11.3 Å². The number of imidazole rings is 1. The molecule has 0 atom stereocenters. The Balaban J connectivity index is 2.01. The van der Waals surface area contributed by atoms with Crippen LogP contribution in [0.1, 0.15) is 47.3 Å². The molecule has 0 spiro atoms. The molecule has 0 aliphatic carbocycles. The Morgan fingerprint density at radius 1 is 1.30 bits per heavy atom. The number of hydrogen-bond acceptors (Lipinski definition) is 4. The summed E-state index contributed by atoms with van der Waals surface area (Å²) in [5.74, 6) is 0.683. The summed E-state index contributed by atoms with van der Waals surface area (Å²) >= 11 is 8.07. The van der Waals surface area contributed by atoms with Crippen LogP contribution in [-0.2, 0) is 28.9 Å². The van der Waals surface area contributed by atoms with Gasteiger partial charge in [0.05, 0.1) is 25.5 Å². The number of nitrogens with zero attached hydrogens (tertiary/aromatic N) is 2. The third-order valence-corrected chi connectivity index (χ3v) is 6.49. The first-order chi connectivity index (χ1) is 14.5. The van der Waals surface area contributed by atoms with Gasteiger partial charge in [0.15, 0.2) is 0 Å². The van der Waals surface area contributed by atoms with Crippen LogP contribution in [-0.4, -0.2) is 22.6 Å². The Labute approximate surface area is 187 Å². The number of unbranched alkanes of at least 4 members (excludes halogenated alkanes) is 1. The maximum Gasteiger partial charge on any atom is 0.334 e. The third kappa shape index (κ3) is 5.41. The minimum atomic E-state index is -0.316. The Kier molecular flexibility index (Phi) is 7.88. The molecule has 0 saturated heterocycles. The van der Waals surface area contributed by atoms with Crippen LogP contribution in [0.25, 0.3) is 6.08 Å². The van der Waals surface area contributed by atoms with Crippen LogP contribution in [0, 0.1) is 6.92 Å². The summed E-state index contributed by atoms with van der Waals surface area (Å²) in [5.41, 5.74) is 3.71. The van der Waals surface area contributed by atoms with Gasteiger partial charge >= 0.3 is 5.97 Å². The molecule has 0 bridgehead atoms. The average Bonchev–Trinajstić information content (AvgIpc) is 3.33. The van der Waals surface area contributed by atoms with Gasteiger partial charge in [-0.05, 0) is 48.1 Å². The number of carbonyl (C=O) groups is 1. The quantitative estimate of drug-likeness (QED) is 0.297. The zero-order chi connectivity index (χ0) is 21.5. The van der Waals surface area contributed by atoms with Gasteiger partial charge in [0.25, 0.3) is 0 Å². The maximum atomic E-state index is 12.5. The smallest absolute Gasteiger partial charge is 0.334 e. The molecule has 0 fully saturated rings. The summed E-state index contributed by atoms with van der Waals surface area (Å²) in [6.07, 6.45) is 7.32. The van der Waals surface area contributed by atoms with Crippen LogP contribution >= 0.6 is 22.9 Å². The second-order valence-corrected chi connectivity index (χ2v) is 8.65. The molecule has 30 heavy (non-hydrogen) atoms. The highest BCUT2D eigenvalue weighted by Crippen LogP contribution is 2.24. The highest BCUT2D eigenvalue weighted by Gasteiger charge is 2.16. The molecular weight excluding hydrogens is 416 g/mol. The number of halogens is 1. The molecule has 4 nitrogen and oxygen atoms in total. The van der Waals surface area contributed by atoms with Crippen molar-refractivity contribution in [1.82, 2.24) is 9.55 Å².